The van der Waals surface area contributed by atoms with Crippen molar-refractivity contribution >= 4 is 17.9 Å². The maximum absolute atomic E-state index is 14.3. The number of aryl methyl sites for hydroxylation is 2. The smallest absolute Gasteiger partial charge is 0.408 e. The van der Waals surface area contributed by atoms with Crippen LogP contribution >= 0.6 is 0 Å². The number of benzene rings is 3. The summed E-state index contributed by atoms with van der Waals surface area (Å²) in [6.07, 6.45) is -0.570. The van der Waals surface area contributed by atoms with Gasteiger partial charge < -0.3 is 25.4 Å². The van der Waals surface area contributed by atoms with Crippen molar-refractivity contribution in [1.29, 1.82) is 0 Å². The van der Waals surface area contributed by atoms with Gasteiger partial charge in [-0.25, -0.2) is 4.79 Å². The molecule has 0 heterocycles. The van der Waals surface area contributed by atoms with Crippen LogP contribution < -0.4 is 10.6 Å². The van der Waals surface area contributed by atoms with E-state index < -0.39 is 29.7 Å². The first-order valence-electron chi connectivity index (χ1n) is 13.8. The molecule has 0 aliphatic heterocycles. The van der Waals surface area contributed by atoms with Gasteiger partial charge in [0.05, 0.1) is 6.61 Å². The Hall–Kier alpha value is -4.17. The van der Waals surface area contributed by atoms with Crippen LogP contribution in [0.4, 0.5) is 4.79 Å². The fraction of sp³-hybridized carbons (Fsp3) is 0.364. The van der Waals surface area contributed by atoms with Crippen LogP contribution in [0.3, 0.4) is 0 Å². The molecule has 218 valence electrons. The second-order valence-electron chi connectivity index (χ2n) is 11.1. The highest BCUT2D eigenvalue weighted by Crippen LogP contribution is 2.27. The molecule has 3 amide bonds. The standard InChI is InChI=1S/C33H41N3O5/c1-23-16-17-24(2)27(20-23)29(30(38)34-22-26-14-10-7-11-15-26)36(18-19-37)31(39)28(21-25-12-8-6-9-13-25)35-32(40)41-33(3,4)5/h6-17,20,28-29,37H,18-19,21-22H2,1-5H3,(H,34,38)(H,35,40). The van der Waals surface area contributed by atoms with Gasteiger partial charge in [-0.2, -0.15) is 0 Å². The summed E-state index contributed by atoms with van der Waals surface area (Å²) in [5.74, 6) is -0.894. The third kappa shape index (κ3) is 9.46. The summed E-state index contributed by atoms with van der Waals surface area (Å²) >= 11 is 0. The van der Waals surface area contributed by atoms with Gasteiger partial charge in [0.2, 0.25) is 11.8 Å². The van der Waals surface area contributed by atoms with Crippen LogP contribution in [0.1, 0.15) is 54.6 Å². The Morgan fingerprint density at radius 1 is 0.902 bits per heavy atom. The molecule has 0 spiro atoms. The zero-order valence-corrected chi connectivity index (χ0v) is 24.5. The summed E-state index contributed by atoms with van der Waals surface area (Å²) in [5, 5.41) is 15.8. The number of hydrogen-bond donors (Lipinski definition) is 3. The number of carbonyl (C=O) groups is 3. The van der Waals surface area contributed by atoms with Crippen molar-refractivity contribution < 1.29 is 24.2 Å². The van der Waals surface area contributed by atoms with Gasteiger partial charge in [0, 0.05) is 19.5 Å². The molecule has 0 aromatic heterocycles. The molecule has 3 aromatic rings. The van der Waals surface area contributed by atoms with E-state index in [-0.39, 0.29) is 32.0 Å². The normalized spacial score (nSPS) is 12.6. The third-order valence-electron chi connectivity index (χ3n) is 6.49. The lowest BCUT2D eigenvalue weighted by atomic mass is 9.95. The number of ether oxygens (including phenoxy) is 1. The first kappa shape index (κ1) is 31.4. The van der Waals surface area contributed by atoms with E-state index in [4.69, 9.17) is 4.74 Å². The molecule has 8 heteroatoms. The van der Waals surface area contributed by atoms with E-state index >= 15 is 0 Å². The van der Waals surface area contributed by atoms with Gasteiger partial charge >= 0.3 is 6.09 Å². The van der Waals surface area contributed by atoms with Crippen LogP contribution in [0.25, 0.3) is 0 Å². The maximum Gasteiger partial charge on any atom is 0.408 e. The average Bonchev–Trinajstić information content (AvgIpc) is 2.93. The topological polar surface area (TPSA) is 108 Å². The van der Waals surface area contributed by atoms with E-state index in [1.54, 1.807) is 20.8 Å². The molecule has 0 radical (unpaired) electrons. The molecule has 3 N–H and O–H groups in total. The lowest BCUT2D eigenvalue weighted by molar-refractivity contribution is -0.143. The minimum absolute atomic E-state index is 0.114. The molecule has 0 aliphatic carbocycles. The predicted molar refractivity (Wildman–Crippen MR) is 159 cm³/mol. The largest absolute Gasteiger partial charge is 0.444 e. The van der Waals surface area contributed by atoms with E-state index in [0.29, 0.717) is 5.56 Å². The highest BCUT2D eigenvalue weighted by Gasteiger charge is 2.37. The first-order chi connectivity index (χ1) is 19.5. The lowest BCUT2D eigenvalue weighted by Gasteiger charge is -2.35. The van der Waals surface area contributed by atoms with E-state index in [1.165, 1.54) is 4.90 Å². The third-order valence-corrected chi connectivity index (χ3v) is 6.49. The molecule has 2 unspecified atom stereocenters. The Labute approximate surface area is 242 Å². The van der Waals surface area contributed by atoms with Crippen molar-refractivity contribution in [3.8, 4) is 0 Å². The second-order valence-corrected chi connectivity index (χ2v) is 11.1. The Bertz CT molecular complexity index is 1310. The Morgan fingerprint density at radius 3 is 2.10 bits per heavy atom. The Kier molecular flexibility index (Phi) is 11.1. The fourth-order valence-electron chi connectivity index (χ4n) is 4.56. The maximum atomic E-state index is 14.3. The SMILES string of the molecule is Cc1ccc(C)c(C(C(=O)NCc2ccccc2)N(CCO)C(=O)C(Cc2ccccc2)NC(=O)OC(C)(C)C)c1. The minimum atomic E-state index is -1.05. The van der Waals surface area contributed by atoms with Gasteiger partial charge in [0.15, 0.2) is 0 Å². The number of amides is 3. The van der Waals surface area contributed by atoms with Crippen molar-refractivity contribution in [2.24, 2.45) is 0 Å². The highest BCUT2D eigenvalue weighted by atomic mass is 16.6. The quantitative estimate of drug-likeness (QED) is 0.318. The minimum Gasteiger partial charge on any atom is -0.444 e. The number of nitrogens with zero attached hydrogens (tertiary/aromatic N) is 1. The number of aliphatic hydroxyl groups is 1. The molecule has 8 nitrogen and oxygen atoms in total. The monoisotopic (exact) mass is 559 g/mol. The van der Waals surface area contributed by atoms with E-state index in [1.807, 2.05) is 92.7 Å². The van der Waals surface area contributed by atoms with E-state index in [2.05, 4.69) is 10.6 Å². The van der Waals surface area contributed by atoms with Crippen molar-refractivity contribution in [3.63, 3.8) is 0 Å². The van der Waals surface area contributed by atoms with E-state index in [9.17, 15) is 19.5 Å². The Balaban J connectivity index is 2.02. The van der Waals surface area contributed by atoms with Gasteiger partial charge in [-0.15, -0.1) is 0 Å². The summed E-state index contributed by atoms with van der Waals surface area (Å²) in [5.41, 5.74) is 3.36. The number of nitrogens with one attached hydrogen (secondary N) is 2. The molecular weight excluding hydrogens is 518 g/mol. The fourth-order valence-corrected chi connectivity index (χ4v) is 4.56. The van der Waals surface area contributed by atoms with Crippen molar-refractivity contribution in [1.82, 2.24) is 15.5 Å². The molecule has 41 heavy (non-hydrogen) atoms. The molecular formula is C33H41N3O5. The Morgan fingerprint density at radius 2 is 1.51 bits per heavy atom. The van der Waals surface area contributed by atoms with Crippen LogP contribution in [-0.4, -0.2) is 52.7 Å². The summed E-state index contributed by atoms with van der Waals surface area (Å²) in [6.45, 7) is 8.81. The summed E-state index contributed by atoms with van der Waals surface area (Å²) < 4.78 is 5.46. The molecule has 0 saturated heterocycles. The molecule has 2 atom stereocenters. The van der Waals surface area contributed by atoms with Crippen molar-refractivity contribution in [3.05, 3.63) is 107 Å². The highest BCUT2D eigenvalue weighted by molar-refractivity contribution is 5.92. The van der Waals surface area contributed by atoms with Gasteiger partial charge in [-0.3, -0.25) is 9.59 Å². The van der Waals surface area contributed by atoms with Crippen molar-refractivity contribution in [2.75, 3.05) is 13.2 Å². The second kappa shape index (κ2) is 14.5. The molecule has 0 aliphatic rings. The molecule has 0 bridgehead atoms. The summed E-state index contributed by atoms with van der Waals surface area (Å²) in [6, 6.07) is 22.4. The first-order valence-corrected chi connectivity index (χ1v) is 13.8. The average molecular weight is 560 g/mol. The van der Waals surface area contributed by atoms with Crippen LogP contribution in [0.15, 0.2) is 78.9 Å². The number of aliphatic hydroxyl groups excluding tert-OH is 1. The van der Waals surface area contributed by atoms with Crippen LogP contribution in [-0.2, 0) is 27.3 Å². The summed E-state index contributed by atoms with van der Waals surface area (Å²) in [7, 11) is 0. The zero-order chi connectivity index (χ0) is 30.0. The lowest BCUT2D eigenvalue weighted by Crippen LogP contribution is -2.54. The molecule has 0 fully saturated rings. The number of carbonyl (C=O) groups excluding carboxylic acids is 3. The molecule has 3 aromatic carbocycles. The number of hydrogen-bond acceptors (Lipinski definition) is 5. The predicted octanol–water partition coefficient (Wildman–Crippen LogP) is 4.62. The van der Waals surface area contributed by atoms with Gasteiger partial charge in [-0.1, -0.05) is 84.4 Å². The summed E-state index contributed by atoms with van der Waals surface area (Å²) in [4.78, 5) is 42.4. The zero-order valence-electron chi connectivity index (χ0n) is 24.5. The van der Waals surface area contributed by atoms with Crippen molar-refractivity contribution in [2.45, 2.75) is 65.3 Å². The van der Waals surface area contributed by atoms with Crippen LogP contribution in [0.5, 0.6) is 0 Å². The number of rotatable bonds is 11. The van der Waals surface area contributed by atoms with E-state index in [0.717, 1.165) is 22.3 Å². The molecule has 3 rings (SSSR count). The van der Waals surface area contributed by atoms with Gasteiger partial charge in [0.25, 0.3) is 0 Å². The van der Waals surface area contributed by atoms with Gasteiger partial charge in [-0.05, 0) is 56.9 Å². The number of alkyl carbamates (subject to hydrolysis) is 1. The molecule has 0 saturated carbocycles. The van der Waals surface area contributed by atoms with Crippen LogP contribution in [0.2, 0.25) is 0 Å². The van der Waals surface area contributed by atoms with Gasteiger partial charge in [0.1, 0.15) is 17.7 Å². The van der Waals surface area contributed by atoms with Crippen LogP contribution in [0, 0.1) is 13.8 Å².